The van der Waals surface area contributed by atoms with Crippen molar-refractivity contribution in [1.82, 2.24) is 0 Å². The summed E-state index contributed by atoms with van der Waals surface area (Å²) >= 11 is 4.98. The smallest absolute Gasteiger partial charge is 0.0287 e. The molecule has 44 valence electrons. The highest BCUT2D eigenvalue weighted by Gasteiger charge is 1.92. The Hall–Kier alpha value is -0.150. The molecule has 1 heterocycles. The van der Waals surface area contributed by atoms with Crippen molar-refractivity contribution < 1.29 is 0 Å². The van der Waals surface area contributed by atoms with Gasteiger partial charge in [-0.2, -0.15) is 0 Å². The van der Waals surface area contributed by atoms with Crippen LogP contribution in [-0.2, 0) is 20.6 Å². The van der Waals surface area contributed by atoms with E-state index >= 15 is 0 Å². The largest absolute Gasteiger partial charge is 0.399 e. The van der Waals surface area contributed by atoms with Gasteiger partial charge in [-0.1, -0.05) is 15.5 Å². The number of rotatable bonds is 0. The molecule has 0 aromatic heterocycles. The van der Waals surface area contributed by atoms with Crippen LogP contribution in [0.4, 0.5) is 0 Å². The average Bonchev–Trinajstić information content (AvgIpc) is 1.77. The quantitative estimate of drug-likeness (QED) is 0.535. The van der Waals surface area contributed by atoms with Crippen molar-refractivity contribution in [3.8, 4) is 0 Å². The molecule has 0 aromatic carbocycles. The molecule has 1 aliphatic rings. The number of allylic oxidation sites excluding steroid dienone is 1. The first-order chi connectivity index (χ1) is 3.79. The van der Waals surface area contributed by atoms with E-state index in [-0.39, 0.29) is 9.45 Å². The van der Waals surface area contributed by atoms with Crippen LogP contribution in [-0.4, -0.2) is 5.75 Å². The van der Waals surface area contributed by atoms with E-state index in [0.717, 1.165) is 11.4 Å². The molecule has 0 aromatic rings. The predicted molar refractivity (Wildman–Crippen MR) is 41.0 cm³/mol. The molecule has 1 rings (SSSR count). The maximum absolute atomic E-state index is 5.43. The fourth-order valence-corrected chi connectivity index (χ4v) is 1.60. The molecule has 0 radical (unpaired) electrons. The lowest BCUT2D eigenvalue weighted by molar-refractivity contribution is 1.40. The van der Waals surface area contributed by atoms with Crippen molar-refractivity contribution in [2.75, 3.05) is 5.75 Å². The lowest BCUT2D eigenvalue weighted by Crippen LogP contribution is -2.01. The molecule has 1 unspecified atom stereocenters. The minimum atomic E-state index is 0.0355. The highest BCUT2D eigenvalue weighted by atomic mass is 32.8. The second kappa shape index (κ2) is 2.42. The predicted octanol–water partition coefficient (Wildman–Crippen LogP) is 0.437. The molecular weight excluding hydrogens is 138 g/mol. The normalized spacial score (nSPS) is 27.5. The molecular formula is C5H7NS2. The molecule has 8 heavy (non-hydrogen) atoms. The van der Waals surface area contributed by atoms with Crippen LogP contribution in [0, 0.1) is 0 Å². The van der Waals surface area contributed by atoms with Gasteiger partial charge in [-0.25, -0.2) is 0 Å². The van der Waals surface area contributed by atoms with Crippen molar-refractivity contribution >= 4 is 20.6 Å². The van der Waals surface area contributed by atoms with Gasteiger partial charge in [0.25, 0.3) is 0 Å². The molecule has 1 aliphatic heterocycles. The van der Waals surface area contributed by atoms with E-state index in [9.17, 15) is 0 Å². The third-order valence-electron chi connectivity index (χ3n) is 0.896. The Morgan fingerprint density at radius 2 is 2.50 bits per heavy atom. The minimum Gasteiger partial charge on any atom is -0.399 e. The van der Waals surface area contributed by atoms with Crippen molar-refractivity contribution in [1.29, 1.82) is 0 Å². The van der Waals surface area contributed by atoms with Crippen LogP contribution in [0.1, 0.15) is 0 Å². The number of hydrogen-bond acceptors (Lipinski definition) is 2. The van der Waals surface area contributed by atoms with Crippen molar-refractivity contribution in [3.63, 3.8) is 0 Å². The van der Waals surface area contributed by atoms with Crippen LogP contribution in [0.15, 0.2) is 23.3 Å². The molecule has 0 aliphatic carbocycles. The van der Waals surface area contributed by atoms with E-state index in [1.165, 1.54) is 0 Å². The molecule has 0 amide bonds. The summed E-state index contributed by atoms with van der Waals surface area (Å²) in [6.45, 7) is 0. The molecule has 0 spiro atoms. The van der Waals surface area contributed by atoms with E-state index in [4.69, 9.17) is 16.9 Å². The lowest BCUT2D eigenvalue weighted by Gasteiger charge is -2.00. The summed E-state index contributed by atoms with van der Waals surface area (Å²) in [4.78, 5) is 0. The van der Waals surface area contributed by atoms with Gasteiger partial charge in [-0.05, 0) is 22.7 Å². The SMILES string of the molecule is NC1=CCS(=S)C=C1. The Kier molecular flexibility index (Phi) is 1.81. The Morgan fingerprint density at radius 1 is 1.75 bits per heavy atom. The standard InChI is InChI=1S/C5H7NS2/c6-5-1-3-8(7)4-2-5/h1-3H,4,6H2. The Bertz CT molecular complexity index is 167. The van der Waals surface area contributed by atoms with Crippen LogP contribution >= 0.6 is 0 Å². The average molecular weight is 145 g/mol. The van der Waals surface area contributed by atoms with Crippen LogP contribution < -0.4 is 5.73 Å². The van der Waals surface area contributed by atoms with Crippen LogP contribution in [0.25, 0.3) is 0 Å². The van der Waals surface area contributed by atoms with E-state index in [1.807, 2.05) is 17.6 Å². The first-order valence-electron chi connectivity index (χ1n) is 2.30. The zero-order valence-electron chi connectivity index (χ0n) is 4.33. The highest BCUT2D eigenvalue weighted by molar-refractivity contribution is 8.30. The van der Waals surface area contributed by atoms with Gasteiger partial charge in [-0.3, -0.25) is 0 Å². The minimum absolute atomic E-state index is 0.0355. The zero-order valence-corrected chi connectivity index (χ0v) is 5.97. The highest BCUT2D eigenvalue weighted by Crippen LogP contribution is 1.99. The van der Waals surface area contributed by atoms with Gasteiger partial charge in [0.05, 0.1) is 0 Å². The monoisotopic (exact) mass is 145 g/mol. The van der Waals surface area contributed by atoms with Gasteiger partial charge in [-0.15, -0.1) is 0 Å². The van der Waals surface area contributed by atoms with E-state index in [0.29, 0.717) is 0 Å². The summed E-state index contributed by atoms with van der Waals surface area (Å²) in [5.41, 5.74) is 6.28. The Balaban J connectivity index is 2.71. The third-order valence-corrected chi connectivity index (χ3v) is 2.57. The lowest BCUT2D eigenvalue weighted by atomic mass is 10.4. The van der Waals surface area contributed by atoms with Gasteiger partial charge in [0.15, 0.2) is 0 Å². The van der Waals surface area contributed by atoms with Crippen molar-refractivity contribution in [3.05, 3.63) is 23.3 Å². The first kappa shape index (κ1) is 5.98. The molecule has 0 fully saturated rings. The molecule has 0 saturated heterocycles. The van der Waals surface area contributed by atoms with E-state index in [2.05, 4.69) is 0 Å². The van der Waals surface area contributed by atoms with Gasteiger partial charge in [0.1, 0.15) is 0 Å². The molecule has 1 nitrogen and oxygen atoms in total. The molecule has 0 bridgehead atoms. The zero-order chi connectivity index (χ0) is 5.98. The summed E-state index contributed by atoms with van der Waals surface area (Å²) in [6.07, 6.45) is 3.84. The van der Waals surface area contributed by atoms with E-state index in [1.54, 1.807) is 0 Å². The van der Waals surface area contributed by atoms with Crippen LogP contribution in [0.2, 0.25) is 0 Å². The first-order valence-corrected chi connectivity index (χ1v) is 4.68. The molecule has 0 saturated carbocycles. The molecule has 3 heteroatoms. The second-order valence-corrected chi connectivity index (χ2v) is 4.21. The topological polar surface area (TPSA) is 26.0 Å². The third kappa shape index (κ3) is 1.42. The fraction of sp³-hybridized carbons (Fsp3) is 0.200. The molecule has 2 N–H and O–H groups in total. The summed E-state index contributed by atoms with van der Waals surface area (Å²) < 4.78 is 0. The van der Waals surface area contributed by atoms with Gasteiger partial charge in [0, 0.05) is 11.4 Å². The van der Waals surface area contributed by atoms with Crippen molar-refractivity contribution in [2.24, 2.45) is 5.73 Å². The summed E-state index contributed by atoms with van der Waals surface area (Å²) in [7, 11) is 0.0355. The summed E-state index contributed by atoms with van der Waals surface area (Å²) in [5.74, 6) is 0.942. The number of hydrogen-bond donors (Lipinski definition) is 1. The maximum Gasteiger partial charge on any atom is 0.0287 e. The summed E-state index contributed by atoms with van der Waals surface area (Å²) in [5, 5.41) is 1.98. The second-order valence-electron chi connectivity index (χ2n) is 1.55. The van der Waals surface area contributed by atoms with E-state index < -0.39 is 0 Å². The molecule has 1 atom stereocenters. The van der Waals surface area contributed by atoms with Crippen molar-refractivity contribution in [2.45, 2.75) is 0 Å². The van der Waals surface area contributed by atoms with Gasteiger partial charge >= 0.3 is 0 Å². The van der Waals surface area contributed by atoms with Gasteiger partial charge < -0.3 is 5.73 Å². The number of nitrogens with two attached hydrogens (primary N) is 1. The Labute approximate surface area is 55.9 Å². The fourth-order valence-electron chi connectivity index (χ4n) is 0.456. The van der Waals surface area contributed by atoms with Crippen LogP contribution in [0.3, 0.4) is 0 Å². The van der Waals surface area contributed by atoms with Gasteiger partial charge in [0.2, 0.25) is 0 Å². The maximum atomic E-state index is 5.43. The van der Waals surface area contributed by atoms with Crippen LogP contribution in [0.5, 0.6) is 0 Å². The Morgan fingerprint density at radius 3 is 2.88 bits per heavy atom. The summed E-state index contributed by atoms with van der Waals surface area (Å²) in [6, 6.07) is 0.